The van der Waals surface area contributed by atoms with Gasteiger partial charge in [0.25, 0.3) is 0 Å². The Kier molecular flexibility index (Phi) is 1.62. The van der Waals surface area contributed by atoms with Gasteiger partial charge in [-0.3, -0.25) is 4.79 Å². The monoisotopic (exact) mass is 172 g/mol. The van der Waals surface area contributed by atoms with E-state index in [9.17, 15) is 4.79 Å². The van der Waals surface area contributed by atoms with Gasteiger partial charge in [-0.05, 0) is 38.0 Å². The van der Waals surface area contributed by atoms with Crippen molar-refractivity contribution in [1.82, 2.24) is 0 Å². The van der Waals surface area contributed by atoms with Gasteiger partial charge in [0.2, 0.25) is 0 Å². The normalized spacial score (nSPS) is 15.2. The third kappa shape index (κ3) is 1.04. The first-order chi connectivity index (χ1) is 6.11. The van der Waals surface area contributed by atoms with Gasteiger partial charge in [-0.1, -0.05) is 17.7 Å². The predicted octanol–water partition coefficient (Wildman–Crippen LogP) is 2.98. The summed E-state index contributed by atoms with van der Waals surface area (Å²) >= 11 is 0. The maximum absolute atomic E-state index is 11.7. The van der Waals surface area contributed by atoms with E-state index in [2.05, 4.69) is 0 Å². The molecule has 0 saturated heterocycles. The highest BCUT2D eigenvalue weighted by atomic mass is 16.1. The van der Waals surface area contributed by atoms with Crippen molar-refractivity contribution in [3.63, 3.8) is 0 Å². The van der Waals surface area contributed by atoms with Crippen LogP contribution in [-0.2, 0) is 0 Å². The molecule has 0 amide bonds. The van der Waals surface area contributed by atoms with Crippen molar-refractivity contribution >= 4 is 11.4 Å². The molecule has 0 spiro atoms. The molecule has 0 unspecified atom stereocenters. The van der Waals surface area contributed by atoms with Crippen LogP contribution in [-0.4, -0.2) is 5.78 Å². The Bertz CT molecular complexity index is 425. The van der Waals surface area contributed by atoms with E-state index in [0.717, 1.165) is 27.8 Å². The van der Waals surface area contributed by atoms with E-state index in [0.29, 0.717) is 0 Å². The molecule has 0 atom stereocenters. The molecule has 1 nitrogen and oxygen atoms in total. The Morgan fingerprint density at radius 2 is 1.62 bits per heavy atom. The molecular formula is C12H12O. The Hall–Kier alpha value is -1.37. The second kappa shape index (κ2) is 2.56. The lowest BCUT2D eigenvalue weighted by molar-refractivity contribution is 0.103. The minimum absolute atomic E-state index is 0.191. The lowest BCUT2D eigenvalue weighted by atomic mass is 10.0. The molecule has 1 aromatic rings. The second-order valence-corrected chi connectivity index (χ2v) is 3.63. The summed E-state index contributed by atoms with van der Waals surface area (Å²) in [5.74, 6) is 0.191. The van der Waals surface area contributed by atoms with Crippen LogP contribution in [0, 0.1) is 6.92 Å². The number of benzene rings is 1. The van der Waals surface area contributed by atoms with Gasteiger partial charge in [0.05, 0.1) is 0 Å². The summed E-state index contributed by atoms with van der Waals surface area (Å²) in [5.41, 5.74) is 5.14. The Morgan fingerprint density at radius 3 is 2.31 bits per heavy atom. The van der Waals surface area contributed by atoms with E-state index in [-0.39, 0.29) is 5.78 Å². The molecule has 0 N–H and O–H groups in total. The molecule has 2 rings (SSSR count). The van der Waals surface area contributed by atoms with E-state index in [1.165, 1.54) is 0 Å². The van der Waals surface area contributed by atoms with Gasteiger partial charge < -0.3 is 0 Å². The predicted molar refractivity (Wildman–Crippen MR) is 53.8 cm³/mol. The van der Waals surface area contributed by atoms with Crippen molar-refractivity contribution < 1.29 is 4.79 Å². The van der Waals surface area contributed by atoms with Gasteiger partial charge in [0.1, 0.15) is 0 Å². The number of allylic oxidation sites excluding steroid dienone is 2. The quantitative estimate of drug-likeness (QED) is 0.588. The van der Waals surface area contributed by atoms with E-state index in [4.69, 9.17) is 0 Å². The fraction of sp³-hybridized carbons (Fsp3) is 0.250. The number of hydrogen-bond acceptors (Lipinski definition) is 1. The Labute approximate surface area is 78.1 Å². The van der Waals surface area contributed by atoms with Crippen molar-refractivity contribution in [3.8, 4) is 0 Å². The SMILES string of the molecule is CC1=C(C)c2ccc(C)cc2C1=O. The van der Waals surface area contributed by atoms with Crippen LogP contribution < -0.4 is 0 Å². The van der Waals surface area contributed by atoms with E-state index in [1.807, 2.05) is 39.0 Å². The molecule has 66 valence electrons. The largest absolute Gasteiger partial charge is 0.289 e. The number of rotatable bonds is 0. The van der Waals surface area contributed by atoms with Gasteiger partial charge in [0.15, 0.2) is 5.78 Å². The summed E-state index contributed by atoms with van der Waals surface area (Å²) in [4.78, 5) is 11.7. The van der Waals surface area contributed by atoms with Crippen LogP contribution in [0.3, 0.4) is 0 Å². The van der Waals surface area contributed by atoms with Crippen LogP contribution >= 0.6 is 0 Å². The number of Topliss-reactive ketones (excluding diaryl/α,β-unsaturated/α-hetero) is 1. The standard InChI is InChI=1S/C12H12O/c1-7-4-5-10-8(2)9(3)12(13)11(10)6-7/h4-6H,1-3H3. The zero-order chi connectivity index (χ0) is 9.59. The molecule has 0 aromatic heterocycles. The number of ketones is 1. The summed E-state index contributed by atoms with van der Waals surface area (Å²) < 4.78 is 0. The first-order valence-electron chi connectivity index (χ1n) is 4.44. The smallest absolute Gasteiger partial charge is 0.189 e. The summed E-state index contributed by atoms with van der Waals surface area (Å²) in [7, 11) is 0. The molecule has 0 bridgehead atoms. The Balaban J connectivity index is 2.71. The number of fused-ring (bicyclic) bond motifs is 1. The maximum Gasteiger partial charge on any atom is 0.189 e. The Morgan fingerprint density at radius 1 is 0.923 bits per heavy atom. The van der Waals surface area contributed by atoms with Gasteiger partial charge in [-0.25, -0.2) is 0 Å². The van der Waals surface area contributed by atoms with Crippen LogP contribution in [0.25, 0.3) is 5.57 Å². The first kappa shape index (κ1) is 8.24. The molecule has 13 heavy (non-hydrogen) atoms. The van der Waals surface area contributed by atoms with Crippen molar-refractivity contribution in [2.75, 3.05) is 0 Å². The van der Waals surface area contributed by atoms with Crippen LogP contribution in [0.2, 0.25) is 0 Å². The fourth-order valence-electron chi connectivity index (χ4n) is 1.75. The third-order valence-corrected chi connectivity index (χ3v) is 2.73. The third-order valence-electron chi connectivity index (χ3n) is 2.73. The van der Waals surface area contributed by atoms with E-state index < -0.39 is 0 Å². The maximum atomic E-state index is 11.7. The molecule has 1 heteroatoms. The number of hydrogen-bond donors (Lipinski definition) is 0. The topological polar surface area (TPSA) is 17.1 Å². The van der Waals surface area contributed by atoms with Crippen LogP contribution in [0.4, 0.5) is 0 Å². The van der Waals surface area contributed by atoms with Crippen LogP contribution in [0.15, 0.2) is 23.8 Å². The van der Waals surface area contributed by atoms with Gasteiger partial charge in [0, 0.05) is 11.1 Å². The molecule has 0 heterocycles. The highest BCUT2D eigenvalue weighted by molar-refractivity contribution is 6.20. The molecule has 0 radical (unpaired) electrons. The molecule has 0 fully saturated rings. The summed E-state index contributed by atoms with van der Waals surface area (Å²) in [5, 5.41) is 0. The van der Waals surface area contributed by atoms with Gasteiger partial charge in [-0.2, -0.15) is 0 Å². The van der Waals surface area contributed by atoms with Gasteiger partial charge >= 0.3 is 0 Å². The summed E-state index contributed by atoms with van der Waals surface area (Å²) in [6, 6.07) is 6.06. The molecule has 1 aliphatic carbocycles. The molecule has 1 aromatic carbocycles. The van der Waals surface area contributed by atoms with Crippen LogP contribution in [0.1, 0.15) is 35.3 Å². The summed E-state index contributed by atoms with van der Waals surface area (Å²) in [6.07, 6.45) is 0. The minimum Gasteiger partial charge on any atom is -0.289 e. The highest BCUT2D eigenvalue weighted by Crippen LogP contribution is 2.32. The first-order valence-corrected chi connectivity index (χ1v) is 4.44. The average Bonchev–Trinajstić information content (AvgIpc) is 2.32. The minimum atomic E-state index is 0.191. The van der Waals surface area contributed by atoms with Crippen molar-refractivity contribution in [2.45, 2.75) is 20.8 Å². The average molecular weight is 172 g/mol. The van der Waals surface area contributed by atoms with Crippen molar-refractivity contribution in [3.05, 3.63) is 40.5 Å². The molecule has 1 aliphatic rings. The molecule has 0 aliphatic heterocycles. The molecule has 0 saturated carbocycles. The van der Waals surface area contributed by atoms with Crippen LogP contribution in [0.5, 0.6) is 0 Å². The second-order valence-electron chi connectivity index (χ2n) is 3.63. The zero-order valence-corrected chi connectivity index (χ0v) is 8.14. The number of aryl methyl sites for hydroxylation is 1. The van der Waals surface area contributed by atoms with Gasteiger partial charge in [-0.15, -0.1) is 0 Å². The van der Waals surface area contributed by atoms with E-state index in [1.54, 1.807) is 0 Å². The zero-order valence-electron chi connectivity index (χ0n) is 8.14. The van der Waals surface area contributed by atoms with E-state index >= 15 is 0 Å². The highest BCUT2D eigenvalue weighted by Gasteiger charge is 2.23. The summed E-state index contributed by atoms with van der Waals surface area (Å²) in [6.45, 7) is 5.91. The van der Waals surface area contributed by atoms with Crippen molar-refractivity contribution in [2.24, 2.45) is 0 Å². The molecular weight excluding hydrogens is 160 g/mol. The lowest BCUT2D eigenvalue weighted by Crippen LogP contribution is -1.95. The van der Waals surface area contributed by atoms with Crippen molar-refractivity contribution in [1.29, 1.82) is 0 Å². The lowest BCUT2D eigenvalue weighted by Gasteiger charge is -2.00. The number of carbonyl (C=O) groups excluding carboxylic acids is 1. The number of carbonyl (C=O) groups is 1. The fourth-order valence-corrected chi connectivity index (χ4v) is 1.75.